The van der Waals surface area contributed by atoms with Crippen LogP contribution in [0.25, 0.3) is 0 Å². The molecule has 0 fully saturated rings. The third kappa shape index (κ3) is 4.44. The Labute approximate surface area is 159 Å². The van der Waals surface area contributed by atoms with E-state index in [1.165, 1.54) is 12.1 Å². The van der Waals surface area contributed by atoms with Crippen LogP contribution in [0, 0.1) is 6.92 Å². The molecule has 8 heteroatoms. The predicted molar refractivity (Wildman–Crippen MR) is 95.8 cm³/mol. The van der Waals surface area contributed by atoms with Gasteiger partial charge in [-0.25, -0.2) is 0 Å². The van der Waals surface area contributed by atoms with Gasteiger partial charge in [0.2, 0.25) is 0 Å². The maximum atomic E-state index is 12.2. The second-order valence-corrected chi connectivity index (χ2v) is 6.61. The van der Waals surface area contributed by atoms with Crippen LogP contribution in [-0.2, 0) is 4.79 Å². The van der Waals surface area contributed by atoms with E-state index >= 15 is 0 Å². The van der Waals surface area contributed by atoms with Gasteiger partial charge in [-0.3, -0.25) is 9.59 Å². The molecule has 3 rings (SSSR count). The number of ether oxygens (including phenoxy) is 2. The standard InChI is InChI=1S/C20H18F3NO4/c1-11-3-8-16(19-15(25)9-12(2)18(11)19)27-10-17(26)24-13-4-6-14(7-5-13)28-20(21,22)23/h3-8,12H,9-10H2,1-2H3,(H,24,26). The Morgan fingerprint density at radius 3 is 2.50 bits per heavy atom. The highest BCUT2D eigenvalue weighted by atomic mass is 19.4. The average molecular weight is 393 g/mol. The third-order valence-electron chi connectivity index (χ3n) is 4.42. The molecule has 0 radical (unpaired) electrons. The zero-order valence-corrected chi connectivity index (χ0v) is 15.2. The van der Waals surface area contributed by atoms with Gasteiger partial charge in [0.25, 0.3) is 5.91 Å². The second kappa shape index (κ2) is 7.53. The molecule has 1 atom stereocenters. The predicted octanol–water partition coefficient (Wildman–Crippen LogP) is 4.60. The van der Waals surface area contributed by atoms with Crippen molar-refractivity contribution >= 4 is 17.4 Å². The van der Waals surface area contributed by atoms with Crippen molar-refractivity contribution in [2.24, 2.45) is 0 Å². The fourth-order valence-corrected chi connectivity index (χ4v) is 3.31. The van der Waals surface area contributed by atoms with Crippen molar-refractivity contribution in [2.45, 2.75) is 32.5 Å². The Morgan fingerprint density at radius 1 is 1.18 bits per heavy atom. The molecule has 1 aliphatic rings. The summed E-state index contributed by atoms with van der Waals surface area (Å²) in [6.07, 6.45) is -4.36. The van der Waals surface area contributed by atoms with E-state index < -0.39 is 12.3 Å². The average Bonchev–Trinajstić information content (AvgIpc) is 2.90. The maximum Gasteiger partial charge on any atom is 0.573 e. The van der Waals surface area contributed by atoms with Gasteiger partial charge in [-0.1, -0.05) is 13.0 Å². The smallest absolute Gasteiger partial charge is 0.483 e. The Morgan fingerprint density at radius 2 is 1.86 bits per heavy atom. The van der Waals surface area contributed by atoms with Crippen LogP contribution in [-0.4, -0.2) is 24.7 Å². The van der Waals surface area contributed by atoms with Gasteiger partial charge in [-0.15, -0.1) is 13.2 Å². The number of carbonyl (C=O) groups is 2. The maximum absolute atomic E-state index is 12.2. The minimum absolute atomic E-state index is 0.0122. The summed E-state index contributed by atoms with van der Waals surface area (Å²) in [4.78, 5) is 24.3. The minimum atomic E-state index is -4.78. The monoisotopic (exact) mass is 393 g/mol. The summed E-state index contributed by atoms with van der Waals surface area (Å²) in [6, 6.07) is 8.27. The zero-order chi connectivity index (χ0) is 20.5. The number of ketones is 1. The Balaban J connectivity index is 1.62. The molecule has 1 N–H and O–H groups in total. The van der Waals surface area contributed by atoms with E-state index in [-0.39, 0.29) is 24.1 Å². The first-order valence-electron chi connectivity index (χ1n) is 8.59. The first-order chi connectivity index (χ1) is 13.1. The number of benzene rings is 2. The summed E-state index contributed by atoms with van der Waals surface area (Å²) in [7, 11) is 0. The van der Waals surface area contributed by atoms with Crippen molar-refractivity contribution in [3.8, 4) is 11.5 Å². The molecule has 0 spiro atoms. The molecule has 148 valence electrons. The Hall–Kier alpha value is -3.03. The number of rotatable bonds is 5. The molecule has 0 heterocycles. The number of anilines is 1. The molecule has 28 heavy (non-hydrogen) atoms. The topological polar surface area (TPSA) is 64.6 Å². The second-order valence-electron chi connectivity index (χ2n) is 6.61. The molecule has 0 saturated heterocycles. The molecule has 1 unspecified atom stereocenters. The number of fused-ring (bicyclic) bond motifs is 1. The SMILES string of the molecule is Cc1ccc(OCC(=O)Nc2ccc(OC(F)(F)F)cc2)c2c1C(C)CC2=O. The van der Waals surface area contributed by atoms with Crippen LogP contribution in [0.1, 0.15) is 40.7 Å². The molecule has 2 aromatic rings. The number of hydrogen-bond donors (Lipinski definition) is 1. The van der Waals surface area contributed by atoms with Crippen LogP contribution in [0.3, 0.4) is 0 Å². The summed E-state index contributed by atoms with van der Waals surface area (Å²) in [5.41, 5.74) is 2.77. The quantitative estimate of drug-likeness (QED) is 0.806. The number of nitrogens with one attached hydrogen (secondary N) is 1. The number of aryl methyl sites for hydroxylation is 1. The highest BCUT2D eigenvalue weighted by Gasteiger charge is 2.32. The lowest BCUT2D eigenvalue weighted by Gasteiger charge is -2.13. The van der Waals surface area contributed by atoms with E-state index in [0.717, 1.165) is 23.3 Å². The van der Waals surface area contributed by atoms with Gasteiger partial charge in [0.15, 0.2) is 12.4 Å². The molecule has 0 bridgehead atoms. The highest BCUT2D eigenvalue weighted by Crippen LogP contribution is 2.40. The van der Waals surface area contributed by atoms with Crippen molar-refractivity contribution in [3.63, 3.8) is 0 Å². The van der Waals surface area contributed by atoms with Gasteiger partial charge in [-0.05, 0) is 54.3 Å². The van der Waals surface area contributed by atoms with E-state index in [4.69, 9.17) is 4.74 Å². The van der Waals surface area contributed by atoms with Crippen LogP contribution < -0.4 is 14.8 Å². The molecule has 1 amide bonds. The first kappa shape index (κ1) is 19.7. The normalized spacial score (nSPS) is 15.9. The van der Waals surface area contributed by atoms with Gasteiger partial charge in [0.05, 0.1) is 5.56 Å². The number of carbonyl (C=O) groups excluding carboxylic acids is 2. The van der Waals surface area contributed by atoms with Gasteiger partial charge in [0.1, 0.15) is 11.5 Å². The molecule has 1 aliphatic carbocycles. The van der Waals surface area contributed by atoms with Crippen molar-refractivity contribution < 1.29 is 32.2 Å². The van der Waals surface area contributed by atoms with Crippen LogP contribution in [0.5, 0.6) is 11.5 Å². The zero-order valence-electron chi connectivity index (χ0n) is 15.2. The van der Waals surface area contributed by atoms with Gasteiger partial charge < -0.3 is 14.8 Å². The lowest BCUT2D eigenvalue weighted by molar-refractivity contribution is -0.274. The lowest BCUT2D eigenvalue weighted by atomic mass is 9.97. The van der Waals surface area contributed by atoms with E-state index in [2.05, 4.69) is 10.1 Å². The number of alkyl halides is 3. The Bertz CT molecular complexity index is 907. The van der Waals surface area contributed by atoms with Gasteiger partial charge >= 0.3 is 6.36 Å². The van der Waals surface area contributed by atoms with E-state index in [0.29, 0.717) is 23.4 Å². The van der Waals surface area contributed by atoms with E-state index in [1.807, 2.05) is 19.9 Å². The van der Waals surface area contributed by atoms with Crippen LogP contribution in [0.4, 0.5) is 18.9 Å². The molecule has 2 aromatic carbocycles. The summed E-state index contributed by atoms with van der Waals surface area (Å²) in [5, 5.41) is 2.52. The number of Topliss-reactive ketones (excluding diaryl/α,β-unsaturated/α-hetero) is 1. The highest BCUT2D eigenvalue weighted by molar-refractivity contribution is 6.04. The molecular weight excluding hydrogens is 375 g/mol. The molecule has 0 saturated carbocycles. The summed E-state index contributed by atoms with van der Waals surface area (Å²) < 4.78 is 45.8. The summed E-state index contributed by atoms with van der Waals surface area (Å²) in [5.74, 6) is -0.430. The van der Waals surface area contributed by atoms with Crippen molar-refractivity contribution in [1.29, 1.82) is 0 Å². The van der Waals surface area contributed by atoms with E-state index in [9.17, 15) is 22.8 Å². The molecule has 5 nitrogen and oxygen atoms in total. The van der Waals surface area contributed by atoms with Crippen LogP contribution >= 0.6 is 0 Å². The van der Waals surface area contributed by atoms with Crippen molar-refractivity contribution in [1.82, 2.24) is 0 Å². The van der Waals surface area contributed by atoms with Crippen molar-refractivity contribution in [3.05, 3.63) is 53.1 Å². The summed E-state index contributed by atoms with van der Waals surface area (Å²) in [6.45, 7) is 3.56. The first-order valence-corrected chi connectivity index (χ1v) is 8.59. The Kier molecular flexibility index (Phi) is 5.31. The largest absolute Gasteiger partial charge is 0.573 e. The van der Waals surface area contributed by atoms with Crippen LogP contribution in [0.2, 0.25) is 0 Å². The third-order valence-corrected chi connectivity index (χ3v) is 4.42. The fraction of sp³-hybridized carbons (Fsp3) is 0.300. The molecule has 0 aliphatic heterocycles. The number of hydrogen-bond acceptors (Lipinski definition) is 4. The molecular formula is C20H18F3NO4. The minimum Gasteiger partial charge on any atom is -0.483 e. The van der Waals surface area contributed by atoms with E-state index in [1.54, 1.807) is 6.07 Å². The number of halogens is 3. The number of amides is 1. The van der Waals surface area contributed by atoms with Crippen LogP contribution in [0.15, 0.2) is 36.4 Å². The lowest BCUT2D eigenvalue weighted by Crippen LogP contribution is -2.21. The van der Waals surface area contributed by atoms with Gasteiger partial charge in [0, 0.05) is 12.1 Å². The van der Waals surface area contributed by atoms with Gasteiger partial charge in [-0.2, -0.15) is 0 Å². The fourth-order valence-electron chi connectivity index (χ4n) is 3.31. The summed E-state index contributed by atoms with van der Waals surface area (Å²) >= 11 is 0. The molecule has 0 aromatic heterocycles. The van der Waals surface area contributed by atoms with Crippen molar-refractivity contribution in [2.75, 3.05) is 11.9 Å².